The van der Waals surface area contributed by atoms with E-state index in [1.54, 1.807) is 0 Å². The Morgan fingerprint density at radius 3 is 2.53 bits per heavy atom. The molecule has 1 aromatic carbocycles. The Bertz CT molecular complexity index is 426. The van der Waals surface area contributed by atoms with Crippen molar-refractivity contribution >= 4 is 5.97 Å². The lowest BCUT2D eigenvalue weighted by atomic mass is 10.1. The number of nitrogens with zero attached hydrogens (tertiary/aromatic N) is 2. The predicted octanol–water partition coefficient (Wildman–Crippen LogP) is 1.59. The Balaban J connectivity index is 1.75. The molecule has 1 aliphatic rings. The van der Waals surface area contributed by atoms with Gasteiger partial charge in [-0.3, -0.25) is 9.69 Å². The summed E-state index contributed by atoms with van der Waals surface area (Å²) >= 11 is 0. The number of carboxylic acids is 1. The second-order valence-electron chi connectivity index (χ2n) is 5.25. The summed E-state index contributed by atoms with van der Waals surface area (Å²) in [5.74, 6) is -0.706. The lowest BCUT2D eigenvalue weighted by Crippen LogP contribution is -2.46. The summed E-state index contributed by atoms with van der Waals surface area (Å²) in [5.41, 5.74) is 2.66. The van der Waals surface area contributed by atoms with Crippen LogP contribution in [-0.4, -0.2) is 53.6 Å². The van der Waals surface area contributed by atoms with Gasteiger partial charge in [0.2, 0.25) is 0 Å². The van der Waals surface area contributed by atoms with E-state index in [0.29, 0.717) is 6.54 Å². The third kappa shape index (κ3) is 4.65. The first-order valence-corrected chi connectivity index (χ1v) is 6.85. The van der Waals surface area contributed by atoms with E-state index in [9.17, 15) is 4.79 Å². The largest absolute Gasteiger partial charge is 0.481 e. The molecule has 1 N–H and O–H groups in total. The second kappa shape index (κ2) is 6.68. The summed E-state index contributed by atoms with van der Waals surface area (Å²) < 4.78 is 0. The molecule has 19 heavy (non-hydrogen) atoms. The van der Waals surface area contributed by atoms with E-state index in [-0.39, 0.29) is 6.42 Å². The highest BCUT2D eigenvalue weighted by Crippen LogP contribution is 2.10. The molecule has 0 aliphatic carbocycles. The van der Waals surface area contributed by atoms with Gasteiger partial charge in [-0.1, -0.05) is 29.8 Å². The minimum absolute atomic E-state index is 0.248. The number of aryl methyl sites for hydroxylation is 1. The van der Waals surface area contributed by atoms with E-state index < -0.39 is 5.97 Å². The van der Waals surface area contributed by atoms with Gasteiger partial charge in [0.15, 0.2) is 0 Å². The van der Waals surface area contributed by atoms with Crippen molar-refractivity contribution in [2.45, 2.75) is 19.9 Å². The normalized spacial score (nSPS) is 17.5. The minimum atomic E-state index is -0.706. The number of benzene rings is 1. The van der Waals surface area contributed by atoms with Gasteiger partial charge in [0.05, 0.1) is 6.42 Å². The van der Waals surface area contributed by atoms with Gasteiger partial charge in [0.25, 0.3) is 0 Å². The van der Waals surface area contributed by atoms with Crippen molar-refractivity contribution in [1.29, 1.82) is 0 Å². The monoisotopic (exact) mass is 262 g/mol. The smallest absolute Gasteiger partial charge is 0.304 e. The van der Waals surface area contributed by atoms with Crippen LogP contribution in [-0.2, 0) is 11.3 Å². The number of carbonyl (C=O) groups is 1. The molecule has 0 saturated carbocycles. The zero-order chi connectivity index (χ0) is 13.7. The van der Waals surface area contributed by atoms with Crippen LogP contribution in [0.25, 0.3) is 0 Å². The molecule has 0 unspecified atom stereocenters. The Kier molecular flexibility index (Phi) is 4.93. The van der Waals surface area contributed by atoms with Crippen molar-refractivity contribution in [2.75, 3.05) is 32.7 Å². The number of piperazine rings is 1. The molecule has 4 heteroatoms. The summed E-state index contributed by atoms with van der Waals surface area (Å²) in [6.07, 6.45) is 0.248. The van der Waals surface area contributed by atoms with E-state index in [1.807, 2.05) is 0 Å². The SMILES string of the molecule is Cc1cccc(CN2CCN(CCC(=O)O)CC2)c1. The molecule has 1 saturated heterocycles. The van der Waals surface area contributed by atoms with Crippen molar-refractivity contribution in [3.05, 3.63) is 35.4 Å². The molecule has 104 valence electrons. The van der Waals surface area contributed by atoms with Crippen molar-refractivity contribution in [3.63, 3.8) is 0 Å². The zero-order valence-electron chi connectivity index (χ0n) is 11.5. The molecule has 4 nitrogen and oxygen atoms in total. The van der Waals surface area contributed by atoms with E-state index in [2.05, 4.69) is 41.0 Å². The third-order valence-corrected chi connectivity index (χ3v) is 3.60. The van der Waals surface area contributed by atoms with Crippen molar-refractivity contribution in [2.24, 2.45) is 0 Å². The highest BCUT2D eigenvalue weighted by Gasteiger charge is 2.17. The average Bonchev–Trinajstić information content (AvgIpc) is 2.38. The molecule has 1 aromatic rings. The van der Waals surface area contributed by atoms with E-state index in [4.69, 9.17) is 5.11 Å². The van der Waals surface area contributed by atoms with Crippen LogP contribution in [0.1, 0.15) is 17.5 Å². The summed E-state index contributed by atoms with van der Waals surface area (Å²) in [4.78, 5) is 15.2. The summed E-state index contributed by atoms with van der Waals surface area (Å²) in [6.45, 7) is 7.77. The lowest BCUT2D eigenvalue weighted by molar-refractivity contribution is -0.137. The Hall–Kier alpha value is -1.39. The maximum Gasteiger partial charge on any atom is 0.304 e. The number of rotatable bonds is 5. The first-order chi connectivity index (χ1) is 9.13. The van der Waals surface area contributed by atoms with Crippen LogP contribution in [0.5, 0.6) is 0 Å². The molecule has 2 rings (SSSR count). The quantitative estimate of drug-likeness (QED) is 0.875. The van der Waals surface area contributed by atoms with E-state index in [1.165, 1.54) is 11.1 Å². The van der Waals surface area contributed by atoms with Crippen molar-refractivity contribution in [1.82, 2.24) is 9.80 Å². The van der Waals surface area contributed by atoms with Gasteiger partial charge in [-0.2, -0.15) is 0 Å². The topological polar surface area (TPSA) is 43.8 Å². The van der Waals surface area contributed by atoms with Crippen molar-refractivity contribution < 1.29 is 9.90 Å². The molecule has 0 radical (unpaired) electrons. The summed E-state index contributed by atoms with van der Waals surface area (Å²) in [7, 11) is 0. The molecular formula is C15H22N2O2. The van der Waals surface area contributed by atoms with Gasteiger partial charge in [0.1, 0.15) is 0 Å². The Morgan fingerprint density at radius 1 is 1.21 bits per heavy atom. The van der Waals surface area contributed by atoms with Crippen LogP contribution in [0, 0.1) is 6.92 Å². The fourth-order valence-corrected chi connectivity index (χ4v) is 2.49. The highest BCUT2D eigenvalue weighted by molar-refractivity contribution is 5.66. The molecule has 1 fully saturated rings. The van der Waals surface area contributed by atoms with Crippen LogP contribution in [0.3, 0.4) is 0 Å². The Morgan fingerprint density at radius 2 is 1.89 bits per heavy atom. The fraction of sp³-hybridized carbons (Fsp3) is 0.533. The van der Waals surface area contributed by atoms with Gasteiger partial charge in [-0.15, -0.1) is 0 Å². The van der Waals surface area contributed by atoms with Crippen LogP contribution < -0.4 is 0 Å². The first kappa shape index (κ1) is 14.0. The highest BCUT2D eigenvalue weighted by atomic mass is 16.4. The Labute approximate surface area is 114 Å². The molecule has 1 heterocycles. The minimum Gasteiger partial charge on any atom is -0.481 e. The summed E-state index contributed by atoms with van der Waals surface area (Å²) in [6, 6.07) is 8.63. The van der Waals surface area contributed by atoms with Crippen LogP contribution >= 0.6 is 0 Å². The third-order valence-electron chi connectivity index (χ3n) is 3.60. The standard InChI is InChI=1S/C15H22N2O2/c1-13-3-2-4-14(11-13)12-17-9-7-16(8-10-17)6-5-15(18)19/h2-4,11H,5-10,12H2,1H3,(H,18,19). The van der Waals surface area contributed by atoms with Crippen LogP contribution in [0.2, 0.25) is 0 Å². The maximum atomic E-state index is 10.5. The molecule has 0 amide bonds. The second-order valence-corrected chi connectivity index (χ2v) is 5.25. The lowest BCUT2D eigenvalue weighted by Gasteiger charge is -2.34. The molecule has 1 aliphatic heterocycles. The van der Waals surface area contributed by atoms with E-state index in [0.717, 1.165) is 32.7 Å². The van der Waals surface area contributed by atoms with Gasteiger partial charge >= 0.3 is 5.97 Å². The maximum absolute atomic E-state index is 10.5. The van der Waals surface area contributed by atoms with E-state index >= 15 is 0 Å². The molecular weight excluding hydrogens is 240 g/mol. The molecule has 0 atom stereocenters. The van der Waals surface area contributed by atoms with Gasteiger partial charge in [-0.05, 0) is 12.5 Å². The molecule has 0 aromatic heterocycles. The first-order valence-electron chi connectivity index (χ1n) is 6.85. The zero-order valence-corrected chi connectivity index (χ0v) is 11.5. The van der Waals surface area contributed by atoms with Gasteiger partial charge in [-0.25, -0.2) is 0 Å². The van der Waals surface area contributed by atoms with Crippen LogP contribution in [0.15, 0.2) is 24.3 Å². The number of carboxylic acid groups (broad SMARTS) is 1. The fourth-order valence-electron chi connectivity index (χ4n) is 2.49. The number of aliphatic carboxylic acids is 1. The predicted molar refractivity (Wildman–Crippen MR) is 75.1 cm³/mol. The van der Waals surface area contributed by atoms with Gasteiger partial charge in [0, 0.05) is 39.3 Å². The average molecular weight is 262 g/mol. The molecule has 0 spiro atoms. The molecule has 0 bridgehead atoms. The summed E-state index contributed by atoms with van der Waals surface area (Å²) in [5, 5.41) is 8.68. The van der Waals surface area contributed by atoms with Crippen molar-refractivity contribution in [3.8, 4) is 0 Å². The number of hydrogen-bond donors (Lipinski definition) is 1. The van der Waals surface area contributed by atoms with Gasteiger partial charge < -0.3 is 10.0 Å². The number of hydrogen-bond acceptors (Lipinski definition) is 3. The van der Waals surface area contributed by atoms with Crippen LogP contribution in [0.4, 0.5) is 0 Å².